The summed E-state index contributed by atoms with van der Waals surface area (Å²) >= 11 is 0. The van der Waals surface area contributed by atoms with Gasteiger partial charge in [-0.3, -0.25) is 0 Å². The molecule has 3 heteroatoms. The molecule has 106 valence electrons. The van der Waals surface area contributed by atoms with Crippen LogP contribution >= 0.6 is 0 Å². The zero-order chi connectivity index (χ0) is 14.7. The van der Waals surface area contributed by atoms with Crippen molar-refractivity contribution in [2.75, 3.05) is 12.3 Å². The lowest BCUT2D eigenvalue weighted by Gasteiger charge is -2.15. The Morgan fingerprint density at radius 3 is 2.48 bits per heavy atom. The van der Waals surface area contributed by atoms with E-state index in [1.54, 1.807) is 6.07 Å². The van der Waals surface area contributed by atoms with Crippen LogP contribution in [0.15, 0.2) is 66.7 Å². The lowest BCUT2D eigenvalue weighted by atomic mass is 10.1. The zero-order valence-electron chi connectivity index (χ0n) is 11.6. The van der Waals surface area contributed by atoms with Gasteiger partial charge in [0.15, 0.2) is 0 Å². The second-order valence-electron chi connectivity index (χ2n) is 4.93. The van der Waals surface area contributed by atoms with E-state index in [0.717, 1.165) is 16.5 Å². The van der Waals surface area contributed by atoms with Crippen LogP contribution in [0.4, 0.5) is 5.69 Å². The Labute approximate surface area is 123 Å². The Balaban J connectivity index is 1.79. The highest BCUT2D eigenvalue weighted by Gasteiger charge is 2.12. The number of nitrogens with two attached hydrogens (primary N) is 1. The third kappa shape index (κ3) is 2.83. The van der Waals surface area contributed by atoms with Gasteiger partial charge in [-0.2, -0.15) is 0 Å². The van der Waals surface area contributed by atoms with E-state index in [-0.39, 0.29) is 6.61 Å². The van der Waals surface area contributed by atoms with Gasteiger partial charge in [0.05, 0.1) is 0 Å². The maximum atomic E-state index is 10.2. The molecule has 0 aliphatic rings. The Morgan fingerprint density at radius 1 is 0.905 bits per heavy atom. The first-order chi connectivity index (χ1) is 10.3. The van der Waals surface area contributed by atoms with Gasteiger partial charge < -0.3 is 15.6 Å². The number of ether oxygens (including phenoxy) is 1. The molecule has 0 saturated heterocycles. The number of nitrogen functional groups attached to an aromatic ring is 1. The number of hydrogen-bond donors (Lipinski definition) is 2. The average Bonchev–Trinajstić information content (AvgIpc) is 2.53. The van der Waals surface area contributed by atoms with Crippen LogP contribution in [0.3, 0.4) is 0 Å². The zero-order valence-corrected chi connectivity index (χ0v) is 11.6. The van der Waals surface area contributed by atoms with Crippen molar-refractivity contribution in [1.29, 1.82) is 0 Å². The monoisotopic (exact) mass is 279 g/mol. The molecular formula is C18H17NO2. The molecule has 0 aliphatic carbocycles. The summed E-state index contributed by atoms with van der Waals surface area (Å²) in [4.78, 5) is 0. The van der Waals surface area contributed by atoms with Crippen molar-refractivity contribution >= 4 is 16.5 Å². The van der Waals surface area contributed by atoms with Crippen molar-refractivity contribution in [3.8, 4) is 5.75 Å². The van der Waals surface area contributed by atoms with Crippen LogP contribution in [-0.2, 0) is 0 Å². The summed E-state index contributed by atoms with van der Waals surface area (Å²) in [7, 11) is 0. The van der Waals surface area contributed by atoms with Crippen LogP contribution in [0, 0.1) is 0 Å². The third-order valence-electron chi connectivity index (χ3n) is 3.50. The molecule has 3 N–H and O–H groups in total. The molecule has 3 aromatic rings. The maximum absolute atomic E-state index is 10.2. The summed E-state index contributed by atoms with van der Waals surface area (Å²) < 4.78 is 5.78. The van der Waals surface area contributed by atoms with Crippen LogP contribution in [-0.4, -0.2) is 11.7 Å². The van der Waals surface area contributed by atoms with Crippen LogP contribution < -0.4 is 10.5 Å². The summed E-state index contributed by atoms with van der Waals surface area (Å²) in [5.74, 6) is 0.765. The fraction of sp³-hybridized carbons (Fsp3) is 0.111. The summed E-state index contributed by atoms with van der Waals surface area (Å²) in [5.41, 5.74) is 7.13. The number of anilines is 1. The molecule has 0 radical (unpaired) electrons. The van der Waals surface area contributed by atoms with Gasteiger partial charge in [-0.25, -0.2) is 0 Å². The van der Waals surface area contributed by atoms with Gasteiger partial charge in [0.25, 0.3) is 0 Å². The van der Waals surface area contributed by atoms with E-state index in [4.69, 9.17) is 10.5 Å². The summed E-state index contributed by atoms with van der Waals surface area (Å²) in [6.07, 6.45) is -0.745. The quantitative estimate of drug-likeness (QED) is 0.718. The molecule has 0 saturated carbocycles. The first-order valence-corrected chi connectivity index (χ1v) is 6.89. The fourth-order valence-electron chi connectivity index (χ4n) is 2.39. The van der Waals surface area contributed by atoms with E-state index in [9.17, 15) is 5.11 Å². The molecule has 0 amide bonds. The minimum absolute atomic E-state index is 0.169. The van der Waals surface area contributed by atoms with Crippen molar-refractivity contribution in [2.45, 2.75) is 6.10 Å². The molecule has 1 atom stereocenters. The van der Waals surface area contributed by atoms with Crippen molar-refractivity contribution in [1.82, 2.24) is 0 Å². The first-order valence-electron chi connectivity index (χ1n) is 6.89. The third-order valence-corrected chi connectivity index (χ3v) is 3.50. The summed E-state index contributed by atoms with van der Waals surface area (Å²) in [6, 6.07) is 21.2. The lowest BCUT2D eigenvalue weighted by Crippen LogP contribution is -2.11. The molecule has 0 heterocycles. The number of fused-ring (bicyclic) bond motifs is 1. The van der Waals surface area contributed by atoms with Gasteiger partial charge in [-0.1, -0.05) is 54.6 Å². The number of aliphatic hydroxyl groups excluding tert-OH is 1. The van der Waals surface area contributed by atoms with Gasteiger partial charge in [0, 0.05) is 16.6 Å². The van der Waals surface area contributed by atoms with Crippen LogP contribution in [0.25, 0.3) is 10.8 Å². The van der Waals surface area contributed by atoms with Gasteiger partial charge in [0.2, 0.25) is 0 Å². The highest BCUT2D eigenvalue weighted by Crippen LogP contribution is 2.27. The standard InChI is InChI=1S/C18H17NO2/c19-16-10-4-3-9-15(16)17(20)12-21-18-11-5-7-13-6-1-2-8-14(13)18/h1-11,17,20H,12,19H2. The van der Waals surface area contributed by atoms with E-state index in [1.165, 1.54) is 0 Å². The normalized spacial score (nSPS) is 12.2. The van der Waals surface area contributed by atoms with E-state index >= 15 is 0 Å². The van der Waals surface area contributed by atoms with Crippen molar-refractivity contribution < 1.29 is 9.84 Å². The minimum atomic E-state index is -0.745. The SMILES string of the molecule is Nc1ccccc1C(O)COc1cccc2ccccc12. The Kier molecular flexibility index (Phi) is 3.75. The van der Waals surface area contributed by atoms with Crippen LogP contribution in [0.5, 0.6) is 5.75 Å². The highest BCUT2D eigenvalue weighted by atomic mass is 16.5. The number of aliphatic hydroxyl groups is 1. The molecule has 1 unspecified atom stereocenters. The van der Waals surface area contributed by atoms with Gasteiger partial charge in [-0.15, -0.1) is 0 Å². The number of rotatable bonds is 4. The maximum Gasteiger partial charge on any atom is 0.127 e. The van der Waals surface area contributed by atoms with Crippen molar-refractivity contribution in [2.24, 2.45) is 0 Å². The second kappa shape index (κ2) is 5.85. The number of hydrogen-bond acceptors (Lipinski definition) is 3. The predicted octanol–water partition coefficient (Wildman–Crippen LogP) is 3.53. The molecule has 0 spiro atoms. The van der Waals surface area contributed by atoms with Gasteiger partial charge in [-0.05, 0) is 17.5 Å². The van der Waals surface area contributed by atoms with E-state index in [0.29, 0.717) is 11.3 Å². The summed E-state index contributed by atoms with van der Waals surface area (Å²) in [5, 5.41) is 12.4. The molecule has 0 bridgehead atoms. The smallest absolute Gasteiger partial charge is 0.127 e. The predicted molar refractivity (Wildman–Crippen MR) is 85.3 cm³/mol. The molecule has 3 aromatic carbocycles. The van der Waals surface area contributed by atoms with Gasteiger partial charge >= 0.3 is 0 Å². The van der Waals surface area contributed by atoms with E-state index in [1.807, 2.05) is 60.7 Å². The van der Waals surface area contributed by atoms with Gasteiger partial charge in [0.1, 0.15) is 18.5 Å². The average molecular weight is 279 g/mol. The van der Waals surface area contributed by atoms with E-state index in [2.05, 4.69) is 0 Å². The molecule has 3 nitrogen and oxygen atoms in total. The van der Waals surface area contributed by atoms with Crippen molar-refractivity contribution in [3.63, 3.8) is 0 Å². The molecule has 21 heavy (non-hydrogen) atoms. The Hall–Kier alpha value is -2.52. The lowest BCUT2D eigenvalue weighted by molar-refractivity contribution is 0.109. The highest BCUT2D eigenvalue weighted by molar-refractivity contribution is 5.88. The second-order valence-corrected chi connectivity index (χ2v) is 4.93. The fourth-order valence-corrected chi connectivity index (χ4v) is 2.39. The van der Waals surface area contributed by atoms with E-state index < -0.39 is 6.10 Å². The van der Waals surface area contributed by atoms with Crippen LogP contribution in [0.1, 0.15) is 11.7 Å². The molecule has 3 rings (SSSR count). The van der Waals surface area contributed by atoms with Crippen molar-refractivity contribution in [3.05, 3.63) is 72.3 Å². The topological polar surface area (TPSA) is 55.5 Å². The minimum Gasteiger partial charge on any atom is -0.490 e. The van der Waals surface area contributed by atoms with Crippen LogP contribution in [0.2, 0.25) is 0 Å². The molecule has 0 fully saturated rings. The number of para-hydroxylation sites is 1. The molecule has 0 aliphatic heterocycles. The molecular weight excluding hydrogens is 262 g/mol. The first kappa shape index (κ1) is 13.5. The number of benzene rings is 3. The Bertz CT molecular complexity index is 750. The largest absolute Gasteiger partial charge is 0.490 e. The molecule has 0 aromatic heterocycles. The Morgan fingerprint density at radius 2 is 1.62 bits per heavy atom. The summed E-state index contributed by atoms with van der Waals surface area (Å²) in [6.45, 7) is 0.169.